The first kappa shape index (κ1) is 13.2. The van der Waals surface area contributed by atoms with Crippen molar-refractivity contribution in [2.45, 2.75) is 38.6 Å². The Morgan fingerprint density at radius 2 is 1.94 bits per heavy atom. The van der Waals surface area contributed by atoms with Crippen LogP contribution in [-0.2, 0) is 6.42 Å². The Balaban J connectivity index is 1.95. The molecule has 2 nitrogen and oxygen atoms in total. The summed E-state index contributed by atoms with van der Waals surface area (Å²) < 4.78 is 0. The minimum Gasteiger partial charge on any atom is -0.326 e. The predicted molar refractivity (Wildman–Crippen MR) is 78.8 cm³/mol. The van der Waals surface area contributed by atoms with Crippen LogP contribution in [0.1, 0.15) is 31.7 Å². The number of rotatable bonds is 5. The average molecular weight is 260 g/mol. The molecule has 0 atom stereocenters. The minimum atomic E-state index is -0.0699. The molecular weight excluding hydrogens is 240 g/mol. The van der Waals surface area contributed by atoms with Crippen LogP contribution in [0.4, 0.5) is 0 Å². The number of thiazole rings is 1. The van der Waals surface area contributed by atoms with Crippen molar-refractivity contribution in [2.75, 3.05) is 0 Å². The lowest BCUT2D eigenvalue weighted by molar-refractivity contribution is 0.459. The standard InChI is InChI=1S/C15H20N2S/c1-15(2,16)10-6-9-14-17-13(11-18-14)12-7-4-3-5-8-12/h3-5,7-8,11H,6,9-10,16H2,1-2H3. The maximum Gasteiger partial charge on any atom is 0.0932 e. The van der Waals surface area contributed by atoms with Gasteiger partial charge in [-0.2, -0.15) is 0 Å². The zero-order valence-corrected chi connectivity index (χ0v) is 11.8. The third-order valence-corrected chi connectivity index (χ3v) is 3.74. The van der Waals surface area contributed by atoms with Gasteiger partial charge in [-0.1, -0.05) is 30.3 Å². The Bertz CT molecular complexity index is 483. The van der Waals surface area contributed by atoms with Gasteiger partial charge in [-0.25, -0.2) is 4.98 Å². The van der Waals surface area contributed by atoms with Crippen molar-refractivity contribution in [3.63, 3.8) is 0 Å². The fourth-order valence-electron chi connectivity index (χ4n) is 1.86. The monoisotopic (exact) mass is 260 g/mol. The summed E-state index contributed by atoms with van der Waals surface area (Å²) in [7, 11) is 0. The lowest BCUT2D eigenvalue weighted by Gasteiger charge is -2.17. The molecular formula is C15H20N2S. The summed E-state index contributed by atoms with van der Waals surface area (Å²) in [5, 5.41) is 3.34. The molecule has 0 aliphatic rings. The molecule has 0 saturated heterocycles. The van der Waals surface area contributed by atoms with E-state index in [2.05, 4.69) is 36.3 Å². The van der Waals surface area contributed by atoms with Crippen molar-refractivity contribution < 1.29 is 0 Å². The normalized spacial score (nSPS) is 11.7. The summed E-state index contributed by atoms with van der Waals surface area (Å²) in [6.45, 7) is 4.15. The number of nitrogens with two attached hydrogens (primary N) is 1. The summed E-state index contributed by atoms with van der Waals surface area (Å²) in [5.74, 6) is 0. The van der Waals surface area contributed by atoms with Gasteiger partial charge in [0.05, 0.1) is 10.7 Å². The van der Waals surface area contributed by atoms with E-state index in [4.69, 9.17) is 5.73 Å². The van der Waals surface area contributed by atoms with Gasteiger partial charge >= 0.3 is 0 Å². The van der Waals surface area contributed by atoms with Crippen molar-refractivity contribution in [3.8, 4) is 11.3 Å². The largest absolute Gasteiger partial charge is 0.326 e. The summed E-state index contributed by atoms with van der Waals surface area (Å²) >= 11 is 1.74. The van der Waals surface area contributed by atoms with E-state index in [-0.39, 0.29) is 5.54 Å². The van der Waals surface area contributed by atoms with E-state index in [9.17, 15) is 0 Å². The molecule has 0 saturated carbocycles. The lowest BCUT2D eigenvalue weighted by atomic mass is 9.99. The summed E-state index contributed by atoms with van der Waals surface area (Å²) in [4.78, 5) is 4.68. The molecule has 0 aliphatic carbocycles. The Kier molecular flexibility index (Phi) is 4.15. The van der Waals surface area contributed by atoms with E-state index in [0.717, 1.165) is 25.0 Å². The minimum absolute atomic E-state index is 0.0699. The fraction of sp³-hybridized carbons (Fsp3) is 0.400. The van der Waals surface area contributed by atoms with Gasteiger partial charge in [0.25, 0.3) is 0 Å². The highest BCUT2D eigenvalue weighted by Gasteiger charge is 2.11. The van der Waals surface area contributed by atoms with Crippen LogP contribution in [0.5, 0.6) is 0 Å². The average Bonchev–Trinajstić information content (AvgIpc) is 2.77. The Hall–Kier alpha value is -1.19. The molecule has 2 aromatic rings. The molecule has 18 heavy (non-hydrogen) atoms. The molecule has 1 heterocycles. The van der Waals surface area contributed by atoms with Gasteiger partial charge in [0.2, 0.25) is 0 Å². The maximum absolute atomic E-state index is 5.98. The number of aromatic nitrogens is 1. The van der Waals surface area contributed by atoms with Crippen molar-refractivity contribution in [3.05, 3.63) is 40.7 Å². The molecule has 0 aliphatic heterocycles. The highest BCUT2D eigenvalue weighted by atomic mass is 32.1. The van der Waals surface area contributed by atoms with Gasteiger partial charge in [-0.05, 0) is 33.1 Å². The molecule has 96 valence electrons. The van der Waals surface area contributed by atoms with Crippen molar-refractivity contribution in [1.82, 2.24) is 4.98 Å². The SMILES string of the molecule is CC(C)(N)CCCc1nc(-c2ccccc2)cs1. The highest BCUT2D eigenvalue weighted by Crippen LogP contribution is 2.23. The van der Waals surface area contributed by atoms with Crippen molar-refractivity contribution >= 4 is 11.3 Å². The smallest absolute Gasteiger partial charge is 0.0932 e. The topological polar surface area (TPSA) is 38.9 Å². The first-order valence-electron chi connectivity index (χ1n) is 6.33. The van der Waals surface area contributed by atoms with Crippen LogP contribution in [0.2, 0.25) is 0 Å². The molecule has 0 fully saturated rings. The Morgan fingerprint density at radius 1 is 1.22 bits per heavy atom. The molecule has 0 spiro atoms. The van der Waals surface area contributed by atoms with Crippen LogP contribution in [0.3, 0.4) is 0 Å². The van der Waals surface area contributed by atoms with E-state index in [1.807, 2.05) is 18.2 Å². The second kappa shape index (κ2) is 5.63. The second-order valence-corrected chi connectivity index (χ2v) is 6.28. The van der Waals surface area contributed by atoms with Crippen molar-refractivity contribution in [1.29, 1.82) is 0 Å². The predicted octanol–water partition coefficient (Wildman–Crippen LogP) is 3.87. The molecule has 2 N–H and O–H groups in total. The van der Waals surface area contributed by atoms with Crippen LogP contribution in [-0.4, -0.2) is 10.5 Å². The van der Waals surface area contributed by atoms with E-state index in [1.54, 1.807) is 11.3 Å². The van der Waals surface area contributed by atoms with Gasteiger partial charge in [0, 0.05) is 16.5 Å². The zero-order valence-electron chi connectivity index (χ0n) is 11.0. The Morgan fingerprint density at radius 3 is 2.61 bits per heavy atom. The summed E-state index contributed by atoms with van der Waals surface area (Å²) in [6, 6.07) is 10.3. The first-order chi connectivity index (χ1) is 8.54. The van der Waals surface area contributed by atoms with Crippen LogP contribution in [0, 0.1) is 0 Å². The van der Waals surface area contributed by atoms with Crippen LogP contribution in [0.15, 0.2) is 35.7 Å². The molecule has 2 rings (SSSR count). The molecule has 0 amide bonds. The number of nitrogens with zero attached hydrogens (tertiary/aromatic N) is 1. The van der Waals surface area contributed by atoms with Gasteiger partial charge in [-0.3, -0.25) is 0 Å². The van der Waals surface area contributed by atoms with Crippen LogP contribution in [0.25, 0.3) is 11.3 Å². The van der Waals surface area contributed by atoms with Crippen molar-refractivity contribution in [2.24, 2.45) is 5.73 Å². The van der Waals surface area contributed by atoms with Crippen LogP contribution >= 0.6 is 11.3 Å². The summed E-state index contributed by atoms with van der Waals surface area (Å²) in [5.41, 5.74) is 8.19. The molecule has 1 aromatic heterocycles. The quantitative estimate of drug-likeness (QED) is 0.886. The number of hydrogen-bond donors (Lipinski definition) is 1. The third-order valence-electron chi connectivity index (χ3n) is 2.83. The van der Waals surface area contributed by atoms with Crippen LogP contribution < -0.4 is 5.73 Å². The number of benzene rings is 1. The molecule has 0 unspecified atom stereocenters. The first-order valence-corrected chi connectivity index (χ1v) is 7.21. The van der Waals surface area contributed by atoms with E-state index < -0.39 is 0 Å². The van der Waals surface area contributed by atoms with Gasteiger partial charge in [0.1, 0.15) is 0 Å². The zero-order chi connectivity index (χ0) is 13.0. The van der Waals surface area contributed by atoms with Gasteiger partial charge in [-0.15, -0.1) is 11.3 Å². The van der Waals surface area contributed by atoms with E-state index in [1.165, 1.54) is 10.6 Å². The Labute approximate surface area is 113 Å². The number of aryl methyl sites for hydroxylation is 1. The molecule has 0 radical (unpaired) electrons. The molecule has 1 aromatic carbocycles. The second-order valence-electron chi connectivity index (χ2n) is 5.33. The highest BCUT2D eigenvalue weighted by molar-refractivity contribution is 7.09. The lowest BCUT2D eigenvalue weighted by Crippen LogP contribution is -2.31. The molecule has 0 bridgehead atoms. The maximum atomic E-state index is 5.98. The van der Waals surface area contributed by atoms with Gasteiger partial charge in [0.15, 0.2) is 0 Å². The fourth-order valence-corrected chi connectivity index (χ4v) is 2.71. The van der Waals surface area contributed by atoms with Gasteiger partial charge < -0.3 is 5.73 Å². The summed E-state index contributed by atoms with van der Waals surface area (Å²) in [6.07, 6.45) is 3.16. The van der Waals surface area contributed by atoms with E-state index >= 15 is 0 Å². The number of hydrogen-bond acceptors (Lipinski definition) is 3. The van der Waals surface area contributed by atoms with E-state index in [0.29, 0.717) is 0 Å². The molecule has 3 heteroatoms. The third kappa shape index (κ3) is 3.93.